The number of rotatable bonds is 4. The van der Waals surface area contributed by atoms with Crippen LogP contribution in [0.25, 0.3) is 0 Å². The molecule has 0 unspecified atom stereocenters. The summed E-state index contributed by atoms with van der Waals surface area (Å²) in [6, 6.07) is 4.21. The number of sulfonamides is 1. The minimum Gasteiger partial charge on any atom is -0.494 e. The average Bonchev–Trinajstić information content (AvgIpc) is 2.78. The van der Waals surface area contributed by atoms with Crippen LogP contribution in [0.2, 0.25) is 0 Å². The highest BCUT2D eigenvalue weighted by Crippen LogP contribution is 2.35. The minimum atomic E-state index is -3.28. The Morgan fingerprint density at radius 1 is 1.48 bits per heavy atom. The number of nitrogens with zero attached hydrogens (tertiary/aromatic N) is 1. The van der Waals surface area contributed by atoms with E-state index in [1.165, 1.54) is 11.4 Å². The Hall–Kier alpha value is -1.80. The highest BCUT2D eigenvalue weighted by atomic mass is 32.2. The molecule has 0 saturated carbocycles. The molecule has 1 atom stereocenters. The van der Waals surface area contributed by atoms with Gasteiger partial charge in [0.1, 0.15) is 5.75 Å². The van der Waals surface area contributed by atoms with E-state index in [4.69, 9.17) is 10.5 Å². The third kappa shape index (κ3) is 3.27. The molecule has 1 aromatic rings. The Balaban J connectivity index is 2.31. The van der Waals surface area contributed by atoms with Gasteiger partial charge >= 0.3 is 0 Å². The molecule has 0 spiro atoms. The summed E-state index contributed by atoms with van der Waals surface area (Å²) < 4.78 is 30.5. The van der Waals surface area contributed by atoms with Crippen LogP contribution in [-0.4, -0.2) is 39.8 Å². The lowest BCUT2D eigenvalue weighted by molar-refractivity contribution is -0.117. The standard InChI is InChI=1S/C13H19N3O4S/c1-9(14)13(17)15-10-4-5-11(12(8-10)20-2)16-6-3-7-21(16,18)19/h4-5,8-9H,3,6-7,14H2,1-2H3,(H,15,17)/t9-/m0/s1. The van der Waals surface area contributed by atoms with Crippen molar-refractivity contribution in [3.05, 3.63) is 18.2 Å². The van der Waals surface area contributed by atoms with Crippen molar-refractivity contribution in [1.29, 1.82) is 0 Å². The summed E-state index contributed by atoms with van der Waals surface area (Å²) in [6.07, 6.45) is 0.592. The maximum atomic E-state index is 12.0. The smallest absolute Gasteiger partial charge is 0.241 e. The maximum absolute atomic E-state index is 12.0. The molecule has 1 heterocycles. The first-order valence-electron chi connectivity index (χ1n) is 6.60. The Morgan fingerprint density at radius 2 is 2.19 bits per heavy atom. The second-order valence-electron chi connectivity index (χ2n) is 4.91. The van der Waals surface area contributed by atoms with Gasteiger partial charge in [-0.2, -0.15) is 0 Å². The summed E-state index contributed by atoms with van der Waals surface area (Å²) >= 11 is 0. The number of benzene rings is 1. The number of hydrogen-bond acceptors (Lipinski definition) is 5. The second-order valence-corrected chi connectivity index (χ2v) is 6.92. The van der Waals surface area contributed by atoms with E-state index in [-0.39, 0.29) is 11.7 Å². The van der Waals surface area contributed by atoms with Gasteiger partial charge in [0.15, 0.2) is 0 Å². The quantitative estimate of drug-likeness (QED) is 0.844. The predicted octanol–water partition coefficient (Wildman–Crippen LogP) is 0.521. The Labute approximate surface area is 124 Å². The predicted molar refractivity (Wildman–Crippen MR) is 81.0 cm³/mol. The third-order valence-electron chi connectivity index (χ3n) is 3.23. The van der Waals surface area contributed by atoms with E-state index in [9.17, 15) is 13.2 Å². The molecule has 21 heavy (non-hydrogen) atoms. The molecule has 0 bridgehead atoms. The molecule has 1 fully saturated rings. The zero-order valence-electron chi connectivity index (χ0n) is 12.0. The first kappa shape index (κ1) is 15.6. The van der Waals surface area contributed by atoms with Gasteiger partial charge < -0.3 is 15.8 Å². The lowest BCUT2D eigenvalue weighted by Gasteiger charge is -2.20. The monoisotopic (exact) mass is 313 g/mol. The van der Waals surface area contributed by atoms with E-state index in [0.717, 1.165) is 0 Å². The lowest BCUT2D eigenvalue weighted by Crippen LogP contribution is -2.32. The fourth-order valence-corrected chi connectivity index (χ4v) is 3.70. The van der Waals surface area contributed by atoms with Crippen LogP contribution in [0.1, 0.15) is 13.3 Å². The number of nitrogens with two attached hydrogens (primary N) is 1. The summed E-state index contributed by atoms with van der Waals surface area (Å²) in [5.41, 5.74) is 6.48. The molecule has 7 nitrogen and oxygen atoms in total. The molecule has 116 valence electrons. The molecule has 0 aliphatic carbocycles. The molecular formula is C13H19N3O4S. The maximum Gasteiger partial charge on any atom is 0.241 e. The van der Waals surface area contributed by atoms with Crippen molar-refractivity contribution < 1.29 is 17.9 Å². The number of ether oxygens (including phenoxy) is 1. The van der Waals surface area contributed by atoms with Crippen molar-refractivity contribution in [1.82, 2.24) is 0 Å². The minimum absolute atomic E-state index is 0.138. The van der Waals surface area contributed by atoms with E-state index in [1.807, 2.05) is 0 Å². The van der Waals surface area contributed by atoms with Crippen LogP contribution in [0.15, 0.2) is 18.2 Å². The molecule has 1 aromatic carbocycles. The largest absolute Gasteiger partial charge is 0.494 e. The van der Waals surface area contributed by atoms with Crippen molar-refractivity contribution in [3.8, 4) is 5.75 Å². The molecule has 1 aliphatic rings. The van der Waals surface area contributed by atoms with E-state index in [0.29, 0.717) is 30.1 Å². The van der Waals surface area contributed by atoms with Crippen LogP contribution in [0, 0.1) is 0 Å². The Bertz CT molecular complexity index is 643. The highest BCUT2D eigenvalue weighted by Gasteiger charge is 2.30. The number of amides is 1. The van der Waals surface area contributed by atoms with Crippen LogP contribution >= 0.6 is 0 Å². The number of methoxy groups -OCH3 is 1. The first-order valence-corrected chi connectivity index (χ1v) is 8.21. The van der Waals surface area contributed by atoms with Gasteiger partial charge in [0.05, 0.1) is 24.6 Å². The number of carbonyl (C=O) groups is 1. The van der Waals surface area contributed by atoms with Gasteiger partial charge in [0.25, 0.3) is 0 Å². The van der Waals surface area contributed by atoms with Gasteiger partial charge in [0, 0.05) is 18.3 Å². The van der Waals surface area contributed by atoms with Crippen LogP contribution < -0.4 is 20.1 Å². The molecule has 0 aromatic heterocycles. The SMILES string of the molecule is COc1cc(NC(=O)[C@H](C)N)ccc1N1CCCS1(=O)=O. The Morgan fingerprint density at radius 3 is 2.71 bits per heavy atom. The summed E-state index contributed by atoms with van der Waals surface area (Å²) in [6.45, 7) is 2.02. The lowest BCUT2D eigenvalue weighted by atomic mass is 10.2. The summed E-state index contributed by atoms with van der Waals surface area (Å²) in [7, 11) is -1.82. The fraction of sp³-hybridized carbons (Fsp3) is 0.462. The molecule has 2 rings (SSSR count). The van der Waals surface area contributed by atoms with Crippen LogP contribution in [0.5, 0.6) is 5.75 Å². The van der Waals surface area contributed by atoms with Crippen molar-refractivity contribution in [3.63, 3.8) is 0 Å². The molecule has 1 aliphatic heterocycles. The van der Waals surface area contributed by atoms with E-state index in [2.05, 4.69) is 5.32 Å². The van der Waals surface area contributed by atoms with Crippen molar-refractivity contribution in [2.75, 3.05) is 29.0 Å². The molecule has 1 amide bonds. The van der Waals surface area contributed by atoms with E-state index >= 15 is 0 Å². The van der Waals surface area contributed by atoms with Gasteiger partial charge in [-0.1, -0.05) is 0 Å². The number of anilines is 2. The van der Waals surface area contributed by atoms with E-state index < -0.39 is 16.1 Å². The Kier molecular flexibility index (Phi) is 4.38. The molecule has 8 heteroatoms. The zero-order valence-corrected chi connectivity index (χ0v) is 12.8. The normalized spacial score (nSPS) is 18.3. The number of nitrogens with one attached hydrogen (secondary N) is 1. The van der Waals surface area contributed by atoms with Crippen molar-refractivity contribution in [2.24, 2.45) is 5.73 Å². The fourth-order valence-electron chi connectivity index (χ4n) is 2.13. The second kappa shape index (κ2) is 5.90. The average molecular weight is 313 g/mol. The van der Waals surface area contributed by atoms with Crippen LogP contribution in [0.4, 0.5) is 11.4 Å². The van der Waals surface area contributed by atoms with Crippen LogP contribution in [0.3, 0.4) is 0 Å². The van der Waals surface area contributed by atoms with E-state index in [1.54, 1.807) is 25.1 Å². The number of hydrogen-bond donors (Lipinski definition) is 2. The van der Waals surface area contributed by atoms with Crippen LogP contribution in [-0.2, 0) is 14.8 Å². The first-order chi connectivity index (χ1) is 9.85. The highest BCUT2D eigenvalue weighted by molar-refractivity contribution is 7.93. The van der Waals surface area contributed by atoms with Gasteiger partial charge in [-0.3, -0.25) is 9.10 Å². The molecule has 3 N–H and O–H groups in total. The topological polar surface area (TPSA) is 102 Å². The molecule has 0 radical (unpaired) electrons. The van der Waals surface area contributed by atoms with Crippen molar-refractivity contribution in [2.45, 2.75) is 19.4 Å². The zero-order chi connectivity index (χ0) is 15.6. The van der Waals surface area contributed by atoms with Gasteiger partial charge in [-0.25, -0.2) is 8.42 Å². The van der Waals surface area contributed by atoms with Gasteiger partial charge in [-0.15, -0.1) is 0 Å². The molecule has 1 saturated heterocycles. The van der Waals surface area contributed by atoms with Gasteiger partial charge in [0.2, 0.25) is 15.9 Å². The van der Waals surface area contributed by atoms with Gasteiger partial charge in [-0.05, 0) is 25.5 Å². The third-order valence-corrected chi connectivity index (χ3v) is 5.08. The van der Waals surface area contributed by atoms with Crippen molar-refractivity contribution >= 4 is 27.3 Å². The summed E-state index contributed by atoms with van der Waals surface area (Å²) in [4.78, 5) is 11.6. The summed E-state index contributed by atoms with van der Waals surface area (Å²) in [5.74, 6) is 0.209. The molecular weight excluding hydrogens is 294 g/mol. The number of carbonyl (C=O) groups excluding carboxylic acids is 1. The summed E-state index contributed by atoms with van der Waals surface area (Å²) in [5, 5.41) is 2.64.